The van der Waals surface area contributed by atoms with E-state index in [-0.39, 0.29) is 5.92 Å². The SMILES string of the molecule is Cc1ccc(C(C)C)cc1C(=O)C1CCNC1. The maximum atomic E-state index is 12.4. The molecule has 2 rings (SSSR count). The maximum Gasteiger partial charge on any atom is 0.167 e. The molecule has 2 nitrogen and oxygen atoms in total. The van der Waals surface area contributed by atoms with Gasteiger partial charge in [0, 0.05) is 18.0 Å². The normalized spacial score (nSPS) is 19.9. The predicted molar refractivity (Wildman–Crippen MR) is 70.6 cm³/mol. The lowest BCUT2D eigenvalue weighted by Gasteiger charge is -2.13. The van der Waals surface area contributed by atoms with E-state index < -0.39 is 0 Å². The zero-order valence-corrected chi connectivity index (χ0v) is 10.9. The van der Waals surface area contributed by atoms with E-state index in [9.17, 15) is 4.79 Å². The Labute approximate surface area is 103 Å². The third kappa shape index (κ3) is 2.58. The second-order valence-electron chi connectivity index (χ2n) is 5.28. The summed E-state index contributed by atoms with van der Waals surface area (Å²) in [5.41, 5.74) is 3.28. The van der Waals surface area contributed by atoms with Crippen LogP contribution < -0.4 is 5.32 Å². The van der Waals surface area contributed by atoms with Crippen molar-refractivity contribution in [2.75, 3.05) is 13.1 Å². The van der Waals surface area contributed by atoms with Crippen LogP contribution in [0.4, 0.5) is 0 Å². The van der Waals surface area contributed by atoms with Crippen molar-refractivity contribution >= 4 is 5.78 Å². The third-order valence-electron chi connectivity index (χ3n) is 3.62. The first-order chi connectivity index (χ1) is 8.09. The molecule has 0 amide bonds. The van der Waals surface area contributed by atoms with Gasteiger partial charge in [-0.25, -0.2) is 0 Å². The number of rotatable bonds is 3. The first-order valence-corrected chi connectivity index (χ1v) is 6.45. The molecule has 1 aliphatic heterocycles. The molecule has 0 aromatic heterocycles. The molecule has 0 spiro atoms. The van der Waals surface area contributed by atoms with Crippen LogP contribution in [0.2, 0.25) is 0 Å². The number of benzene rings is 1. The average molecular weight is 231 g/mol. The summed E-state index contributed by atoms with van der Waals surface area (Å²) in [6.07, 6.45) is 0.976. The molecule has 1 aromatic carbocycles. The second kappa shape index (κ2) is 5.01. The topological polar surface area (TPSA) is 29.1 Å². The Morgan fingerprint density at radius 3 is 2.76 bits per heavy atom. The number of Topliss-reactive ketones (excluding diaryl/α,β-unsaturated/α-hetero) is 1. The zero-order chi connectivity index (χ0) is 12.4. The Morgan fingerprint density at radius 2 is 2.18 bits per heavy atom. The van der Waals surface area contributed by atoms with Crippen LogP contribution >= 0.6 is 0 Å². The van der Waals surface area contributed by atoms with Gasteiger partial charge in [0.15, 0.2) is 5.78 Å². The summed E-state index contributed by atoms with van der Waals surface area (Å²) in [6.45, 7) is 8.16. The molecule has 1 heterocycles. The first-order valence-electron chi connectivity index (χ1n) is 6.45. The Hall–Kier alpha value is -1.15. The molecule has 1 fully saturated rings. The molecule has 1 saturated heterocycles. The molecular formula is C15H21NO. The van der Waals surface area contributed by atoms with E-state index >= 15 is 0 Å². The summed E-state index contributed by atoms with van der Waals surface area (Å²) in [6, 6.07) is 6.29. The molecule has 0 aliphatic carbocycles. The van der Waals surface area contributed by atoms with E-state index in [2.05, 4.69) is 37.4 Å². The molecule has 0 radical (unpaired) electrons. The van der Waals surface area contributed by atoms with Gasteiger partial charge in [-0.05, 0) is 43.0 Å². The van der Waals surface area contributed by atoms with Crippen LogP contribution in [0, 0.1) is 12.8 Å². The van der Waals surface area contributed by atoms with Crippen molar-refractivity contribution in [1.82, 2.24) is 5.32 Å². The van der Waals surface area contributed by atoms with Gasteiger partial charge < -0.3 is 5.32 Å². The lowest BCUT2D eigenvalue weighted by atomic mass is 9.90. The molecule has 2 heteroatoms. The number of aryl methyl sites for hydroxylation is 1. The van der Waals surface area contributed by atoms with Gasteiger partial charge in [-0.15, -0.1) is 0 Å². The number of nitrogens with one attached hydrogen (secondary N) is 1. The van der Waals surface area contributed by atoms with Crippen LogP contribution in [-0.4, -0.2) is 18.9 Å². The summed E-state index contributed by atoms with van der Waals surface area (Å²) in [7, 11) is 0. The zero-order valence-electron chi connectivity index (χ0n) is 10.9. The molecule has 17 heavy (non-hydrogen) atoms. The molecule has 92 valence electrons. The number of ketones is 1. The minimum atomic E-state index is 0.177. The summed E-state index contributed by atoms with van der Waals surface area (Å²) in [4.78, 5) is 12.4. The molecule has 0 bridgehead atoms. The molecule has 1 N–H and O–H groups in total. The van der Waals surface area contributed by atoms with Crippen molar-refractivity contribution in [3.8, 4) is 0 Å². The van der Waals surface area contributed by atoms with Gasteiger partial charge in [0.1, 0.15) is 0 Å². The van der Waals surface area contributed by atoms with Gasteiger partial charge in [0.05, 0.1) is 0 Å². The first kappa shape index (κ1) is 12.3. The number of carbonyl (C=O) groups is 1. The lowest BCUT2D eigenvalue weighted by Crippen LogP contribution is -2.19. The van der Waals surface area contributed by atoms with Gasteiger partial charge in [0.2, 0.25) is 0 Å². The van der Waals surface area contributed by atoms with E-state index in [1.807, 2.05) is 6.92 Å². The van der Waals surface area contributed by atoms with E-state index in [0.29, 0.717) is 11.7 Å². The van der Waals surface area contributed by atoms with Gasteiger partial charge in [-0.2, -0.15) is 0 Å². The molecule has 1 aliphatic rings. The van der Waals surface area contributed by atoms with Crippen LogP contribution in [-0.2, 0) is 0 Å². The van der Waals surface area contributed by atoms with E-state index in [4.69, 9.17) is 0 Å². The van der Waals surface area contributed by atoms with Crippen molar-refractivity contribution in [3.63, 3.8) is 0 Å². The van der Waals surface area contributed by atoms with Crippen molar-refractivity contribution in [2.24, 2.45) is 5.92 Å². The minimum absolute atomic E-state index is 0.177. The standard InChI is InChI=1S/C15H21NO/c1-10(2)12-5-4-11(3)14(8-12)15(17)13-6-7-16-9-13/h4-5,8,10,13,16H,6-7,9H2,1-3H3. The van der Waals surface area contributed by atoms with Crippen molar-refractivity contribution in [1.29, 1.82) is 0 Å². The Bertz CT molecular complexity index is 417. The van der Waals surface area contributed by atoms with Crippen molar-refractivity contribution in [2.45, 2.75) is 33.1 Å². The van der Waals surface area contributed by atoms with Crippen LogP contribution in [0.1, 0.15) is 47.7 Å². The third-order valence-corrected chi connectivity index (χ3v) is 3.62. The highest BCUT2D eigenvalue weighted by molar-refractivity contribution is 5.99. The molecule has 1 atom stereocenters. The van der Waals surface area contributed by atoms with Gasteiger partial charge in [-0.3, -0.25) is 4.79 Å². The smallest absolute Gasteiger partial charge is 0.167 e. The monoisotopic (exact) mass is 231 g/mol. The largest absolute Gasteiger partial charge is 0.316 e. The van der Waals surface area contributed by atoms with Crippen LogP contribution in [0.3, 0.4) is 0 Å². The second-order valence-corrected chi connectivity index (χ2v) is 5.28. The molecule has 0 saturated carbocycles. The number of hydrogen-bond donors (Lipinski definition) is 1. The fourth-order valence-electron chi connectivity index (χ4n) is 2.36. The van der Waals surface area contributed by atoms with Crippen molar-refractivity contribution in [3.05, 3.63) is 34.9 Å². The number of hydrogen-bond acceptors (Lipinski definition) is 2. The number of carbonyl (C=O) groups excluding carboxylic acids is 1. The Balaban J connectivity index is 2.29. The molecule has 1 aromatic rings. The lowest BCUT2D eigenvalue weighted by molar-refractivity contribution is 0.0929. The summed E-state index contributed by atoms with van der Waals surface area (Å²) >= 11 is 0. The summed E-state index contributed by atoms with van der Waals surface area (Å²) in [5.74, 6) is 0.968. The van der Waals surface area contributed by atoms with E-state index in [0.717, 1.165) is 30.6 Å². The summed E-state index contributed by atoms with van der Waals surface area (Å²) < 4.78 is 0. The fourth-order valence-corrected chi connectivity index (χ4v) is 2.36. The highest BCUT2D eigenvalue weighted by atomic mass is 16.1. The highest BCUT2D eigenvalue weighted by Crippen LogP contribution is 2.22. The van der Waals surface area contributed by atoms with Crippen LogP contribution in [0.5, 0.6) is 0 Å². The predicted octanol–water partition coefficient (Wildman–Crippen LogP) is 2.91. The van der Waals surface area contributed by atoms with Gasteiger partial charge in [-0.1, -0.05) is 26.0 Å². The van der Waals surface area contributed by atoms with E-state index in [1.54, 1.807) is 0 Å². The van der Waals surface area contributed by atoms with Crippen LogP contribution in [0.15, 0.2) is 18.2 Å². The van der Waals surface area contributed by atoms with Gasteiger partial charge in [0.25, 0.3) is 0 Å². The van der Waals surface area contributed by atoms with Crippen LogP contribution in [0.25, 0.3) is 0 Å². The van der Waals surface area contributed by atoms with Crippen molar-refractivity contribution < 1.29 is 4.79 Å². The van der Waals surface area contributed by atoms with Gasteiger partial charge >= 0.3 is 0 Å². The highest BCUT2D eigenvalue weighted by Gasteiger charge is 2.24. The minimum Gasteiger partial charge on any atom is -0.316 e. The molecular weight excluding hydrogens is 210 g/mol. The summed E-state index contributed by atoms with van der Waals surface area (Å²) in [5, 5.41) is 3.26. The maximum absolute atomic E-state index is 12.4. The Morgan fingerprint density at radius 1 is 1.41 bits per heavy atom. The van der Waals surface area contributed by atoms with E-state index in [1.165, 1.54) is 5.56 Å². The average Bonchev–Trinajstić information content (AvgIpc) is 2.81. The quantitative estimate of drug-likeness (QED) is 0.810. The molecule has 1 unspecified atom stereocenters. The fraction of sp³-hybridized carbons (Fsp3) is 0.533. The Kier molecular flexibility index (Phi) is 3.63.